The summed E-state index contributed by atoms with van der Waals surface area (Å²) in [5.41, 5.74) is -0.980. The van der Waals surface area contributed by atoms with E-state index >= 15 is 0 Å². The second-order valence-electron chi connectivity index (χ2n) is 19.1. The number of hydrogen-bond donors (Lipinski definition) is 5. The van der Waals surface area contributed by atoms with Crippen molar-refractivity contribution in [3.05, 3.63) is 52.1 Å². The number of carbonyl (C=O) groups is 7. The number of fused-ring (bicyclic) bond motifs is 5. The number of alkyl carbamates (subject to hydrolysis) is 1. The maximum atomic E-state index is 14.3. The molecule has 0 radical (unpaired) electrons. The average molecular weight is 1010 g/mol. The Morgan fingerprint density at radius 1 is 1.12 bits per heavy atom. The van der Waals surface area contributed by atoms with Gasteiger partial charge in [0.1, 0.15) is 23.9 Å². The lowest BCUT2D eigenvalue weighted by atomic mass is 9.81. The van der Waals surface area contributed by atoms with Gasteiger partial charge in [-0.25, -0.2) is 9.59 Å². The van der Waals surface area contributed by atoms with E-state index in [1.807, 2.05) is 6.92 Å². The van der Waals surface area contributed by atoms with Crippen LogP contribution in [0.25, 0.3) is 0 Å². The summed E-state index contributed by atoms with van der Waals surface area (Å²) in [5.74, 6) is -3.61. The molecule has 5 N–H and O–H groups in total. The number of likely N-dealkylation sites (N-methyl/N-ethyl adjacent to an activating group) is 1. The van der Waals surface area contributed by atoms with Crippen LogP contribution in [-0.2, 0) is 56.0 Å². The van der Waals surface area contributed by atoms with Crippen LogP contribution >= 0.6 is 23.4 Å². The van der Waals surface area contributed by atoms with Crippen LogP contribution in [0, 0.1) is 23.7 Å². The number of nitrogens with one attached hydrogen (secondary N) is 2. The fraction of sp³-hybridized carbons (Fsp3) is 0.653. The molecule has 1 saturated carbocycles. The van der Waals surface area contributed by atoms with Crippen molar-refractivity contribution in [2.75, 3.05) is 44.9 Å². The van der Waals surface area contributed by atoms with Crippen LogP contribution in [0.3, 0.4) is 0 Å². The van der Waals surface area contributed by atoms with Gasteiger partial charge in [0, 0.05) is 71.9 Å². The van der Waals surface area contributed by atoms with Crippen LogP contribution in [0.2, 0.25) is 5.02 Å². The molecule has 384 valence electrons. The van der Waals surface area contributed by atoms with Crippen LogP contribution in [0.15, 0.2) is 35.9 Å². The zero-order chi connectivity index (χ0) is 49.8. The Morgan fingerprint density at radius 2 is 1.81 bits per heavy atom. The Hall–Kier alpha value is -4.53. The summed E-state index contributed by atoms with van der Waals surface area (Å²) >= 11 is 7.98. The first-order valence-corrected chi connectivity index (χ1v) is 24.7. The number of anilines is 1. The Balaban J connectivity index is 0.00000533. The molecule has 9 atom stereocenters. The summed E-state index contributed by atoms with van der Waals surface area (Å²) in [6.45, 7) is 6.14. The maximum absolute atomic E-state index is 14.3. The molecule has 6 amide bonds. The van der Waals surface area contributed by atoms with Crippen molar-refractivity contribution >= 4 is 70.6 Å². The molecule has 3 saturated heterocycles. The predicted molar refractivity (Wildman–Crippen MR) is 261 cm³/mol. The molecule has 6 rings (SSSR count). The van der Waals surface area contributed by atoms with Gasteiger partial charge in [0.15, 0.2) is 5.72 Å². The number of halogens is 1. The van der Waals surface area contributed by atoms with Crippen LogP contribution < -0.4 is 15.5 Å². The molecule has 4 bridgehead atoms. The van der Waals surface area contributed by atoms with Gasteiger partial charge >= 0.3 is 12.1 Å². The maximum Gasteiger partial charge on any atom is 0.409 e. The summed E-state index contributed by atoms with van der Waals surface area (Å²) < 4.78 is 18.1. The summed E-state index contributed by atoms with van der Waals surface area (Å²) in [6, 6.07) is 2.31. The fourth-order valence-corrected chi connectivity index (χ4v) is 11.2. The molecule has 1 unspecified atom stereocenters. The molecule has 4 heterocycles. The largest absolute Gasteiger partial charge is 0.457 e. The van der Waals surface area contributed by atoms with Crippen LogP contribution in [-0.4, -0.2) is 148 Å². The van der Waals surface area contributed by atoms with E-state index in [9.17, 15) is 48.9 Å². The highest BCUT2D eigenvalue weighted by Crippen LogP contribution is 2.49. The number of benzene rings is 1. The molecule has 0 spiro atoms. The van der Waals surface area contributed by atoms with E-state index in [4.69, 9.17) is 25.8 Å². The fourth-order valence-electron chi connectivity index (χ4n) is 9.82. The molecule has 69 heavy (non-hydrogen) atoms. The van der Waals surface area contributed by atoms with Gasteiger partial charge in [-0.05, 0) is 76.0 Å². The molecule has 1 aromatic carbocycles. The van der Waals surface area contributed by atoms with Gasteiger partial charge < -0.3 is 44.6 Å². The molecule has 4 fully saturated rings. The number of epoxide rings is 1. The number of rotatable bonds is 12. The van der Waals surface area contributed by atoms with E-state index in [2.05, 4.69) is 10.6 Å². The minimum atomic E-state index is -1.91. The minimum absolute atomic E-state index is 0. The number of hydrogen-bond acceptors (Lipinski definition) is 14. The summed E-state index contributed by atoms with van der Waals surface area (Å²) in [4.78, 5) is 97.0. The van der Waals surface area contributed by atoms with Crippen molar-refractivity contribution in [1.29, 1.82) is 0 Å². The quantitative estimate of drug-likeness (QED) is 0.112. The molecule has 1 aromatic rings. The van der Waals surface area contributed by atoms with Gasteiger partial charge in [0.2, 0.25) is 29.5 Å². The smallest absolute Gasteiger partial charge is 0.409 e. The van der Waals surface area contributed by atoms with E-state index < -0.39 is 96.3 Å². The number of esters is 1. The summed E-state index contributed by atoms with van der Waals surface area (Å²) in [7, 11) is 4.58. The van der Waals surface area contributed by atoms with E-state index in [1.54, 1.807) is 51.3 Å². The molecule has 18 nitrogen and oxygen atoms in total. The van der Waals surface area contributed by atoms with Gasteiger partial charge in [0.25, 0.3) is 0 Å². The first-order valence-electron chi connectivity index (χ1n) is 23.3. The number of thioether (sulfide) groups is 1. The third-order valence-corrected chi connectivity index (χ3v) is 16.1. The van der Waals surface area contributed by atoms with Crippen molar-refractivity contribution < 1.29 is 64.5 Å². The highest BCUT2D eigenvalue weighted by atomic mass is 35.5. The average Bonchev–Trinajstić information content (AvgIpc) is 3.94. The SMILES string of the molecule is C.CNC(=O)C1CCC(CN2C(=O)CC(SCCC(=O)N(C)[C@@H](C)C(=O)O[C@H]3CC(=O)N(C)c4cc(cc(CO)c4Cl)C/C(C)=C/C=C/[C@@H](CO)[C@@]4(O)C[C@H](OC(=O)N4)[C@@H](C)[C@@H]4O[C@@]34C)C2=O)CC1.[HH]. The first-order chi connectivity index (χ1) is 32.1. The van der Waals surface area contributed by atoms with Gasteiger partial charge in [-0.3, -0.25) is 34.2 Å². The van der Waals surface area contributed by atoms with Crippen molar-refractivity contribution in [2.24, 2.45) is 23.7 Å². The second kappa shape index (κ2) is 23.1. The van der Waals surface area contributed by atoms with E-state index in [-0.39, 0.29) is 68.4 Å². The van der Waals surface area contributed by atoms with Crippen molar-refractivity contribution in [1.82, 2.24) is 20.4 Å². The summed E-state index contributed by atoms with van der Waals surface area (Å²) in [6.07, 6.45) is 3.89. The van der Waals surface area contributed by atoms with E-state index in [0.717, 1.165) is 24.0 Å². The standard InChI is InChI=1S/C48H66ClN5O13S.CH4.H2/c1-26-9-8-10-33(25-56)48(64)22-35(65-46(63)51-48)27(2)42-47(4,67-42)37(21-39(58)53(7)34-19-30(17-26)18-32(24-55)41(34)49)66-45(62)28(3)52(6)38(57)15-16-68-36-20-40(59)54(44(36)61)23-29-11-13-31(14-12-29)43(60)50-5;;/h8-10,18-19,27-29,31,33,35-37,42,55-56,64H,11-17,20-25H2,1-7H3,(H,50,60)(H,51,63);1H4;1H/b10-8+,26-9+;;/t27-,28+,29?,31?,33+,35+,36?,37+,42+,47+,48+;;/m1../s1. The van der Waals surface area contributed by atoms with E-state index in [1.165, 1.54) is 47.5 Å². The van der Waals surface area contributed by atoms with Crippen molar-refractivity contribution in [3.8, 4) is 0 Å². The monoisotopic (exact) mass is 1010 g/mol. The van der Waals surface area contributed by atoms with Gasteiger partial charge in [-0.15, -0.1) is 11.8 Å². The predicted octanol–water partition coefficient (Wildman–Crippen LogP) is 4.28. The number of ether oxygens (including phenoxy) is 3. The number of aliphatic hydroxyl groups excluding tert-OH is 2. The van der Waals surface area contributed by atoms with Gasteiger partial charge in [0.05, 0.1) is 41.7 Å². The Labute approximate surface area is 415 Å². The minimum Gasteiger partial charge on any atom is -0.457 e. The number of carbonyl (C=O) groups excluding carboxylic acids is 7. The number of amides is 6. The molecule has 20 heteroatoms. The van der Waals surface area contributed by atoms with Gasteiger partial charge in [-0.1, -0.05) is 55.8 Å². The van der Waals surface area contributed by atoms with Crippen LogP contribution in [0.5, 0.6) is 0 Å². The molecule has 0 aromatic heterocycles. The van der Waals surface area contributed by atoms with Crippen molar-refractivity contribution in [2.45, 2.75) is 140 Å². The number of likely N-dealkylation sites (tertiary alicyclic amines) is 1. The van der Waals surface area contributed by atoms with Crippen molar-refractivity contribution in [3.63, 3.8) is 0 Å². The zero-order valence-corrected chi connectivity index (χ0v) is 41.4. The lowest BCUT2D eigenvalue weighted by molar-refractivity contribution is -0.162. The second-order valence-corrected chi connectivity index (χ2v) is 20.8. The van der Waals surface area contributed by atoms with Crippen LogP contribution in [0.4, 0.5) is 10.5 Å². The number of aliphatic hydroxyl groups is 3. The Morgan fingerprint density at radius 3 is 2.46 bits per heavy atom. The molecule has 5 aliphatic rings. The highest BCUT2D eigenvalue weighted by Gasteiger charge is 2.64. The molecular weight excluding hydrogens is 934 g/mol. The molecule has 1 aliphatic carbocycles. The Kier molecular flexibility index (Phi) is 18.6. The lowest BCUT2D eigenvalue weighted by Crippen LogP contribution is -2.62. The molecular formula is C49H72ClN5O13S. The normalized spacial score (nSPS) is 32.3. The van der Waals surface area contributed by atoms with E-state index in [0.29, 0.717) is 37.1 Å². The first kappa shape index (κ1) is 55.4. The number of nitrogens with zero attached hydrogens (tertiary/aromatic N) is 3. The lowest BCUT2D eigenvalue weighted by Gasteiger charge is -2.42. The van der Waals surface area contributed by atoms with Crippen LogP contribution in [0.1, 0.15) is 99.0 Å². The number of allylic oxidation sites excluding steroid dienone is 3. The molecule has 4 aliphatic heterocycles. The number of imide groups is 1. The third-order valence-electron chi connectivity index (χ3n) is 14.5. The Bertz CT molecular complexity index is 2190. The highest BCUT2D eigenvalue weighted by molar-refractivity contribution is 8.00. The third kappa shape index (κ3) is 12.5. The topological polar surface area (TPSA) is 245 Å². The van der Waals surface area contributed by atoms with Gasteiger partial charge in [-0.2, -0.15) is 0 Å². The summed E-state index contributed by atoms with van der Waals surface area (Å²) in [5, 5.41) is 37.1. The zero-order valence-electron chi connectivity index (χ0n) is 39.8.